The van der Waals surface area contributed by atoms with Gasteiger partial charge in [-0.15, -0.1) is 0 Å². The van der Waals surface area contributed by atoms with Crippen LogP contribution in [0.15, 0.2) is 97.1 Å². The first kappa shape index (κ1) is 98.6. The van der Waals surface area contributed by atoms with Crippen molar-refractivity contribution >= 4 is 97.8 Å². The van der Waals surface area contributed by atoms with Crippen molar-refractivity contribution in [2.24, 2.45) is 11.8 Å². The largest absolute Gasteiger partial charge is 0.511 e. The molecule has 752 valence electrons. The third kappa shape index (κ3) is 28.6. The van der Waals surface area contributed by atoms with Gasteiger partial charge in [-0.05, 0) is 108 Å². The number of amides is 4. The first-order valence-electron chi connectivity index (χ1n) is 44.1. The molecule has 51 heteroatoms. The number of anilines is 1. The smallest absolute Gasteiger partial charge is 0.490 e. The molecule has 4 amide bonds. The van der Waals surface area contributed by atoms with Crippen molar-refractivity contribution in [1.29, 1.82) is 0 Å². The standard InChI is InChI=1S/C31H28O12.C24H34N2O12.C17H17NO10.C15H17N3O11.CH4/c32-29-38-16-25(41-29)13-35-22-7-1-19(2-8-22)28(20-3-9-23(10-4-20)36-14-26-17-39-30(33)42-26)21-5-11-24(12-6-21)37-15-27-18-40-31(34)43-27;27-21-31-11-17(35-21)7-25(8-18-12-32-22(28)36-18)5-15-2-1-3-16(4-15)6-26(9-19-13-33-23(29)37-19)10-20-14-34-24(30)38-20;19-15-22-7-12(26-15)5-18(6-13-8-23-16(20)27-13)10-1-3-11(4-2-10)25-14-9-24-17(21)28-14;19-11-16(1-8-4-24-13(21)27-8)7-17(2-9-5-25-14(22)28-9)12(20)18(11)3-10-6-26-15(23)29-10;/h1-12,25-28H,13-18H2;15-20H,1-14H2;1-4,12-14H,5-9H2;8-10H,1-7H2;1H4. The van der Waals surface area contributed by atoms with E-state index >= 15 is 0 Å². The maximum atomic E-state index is 12.8. The van der Waals surface area contributed by atoms with E-state index in [2.05, 4.69) is 19.3 Å². The summed E-state index contributed by atoms with van der Waals surface area (Å²) in [6.07, 6.45) is -12.0. The van der Waals surface area contributed by atoms with E-state index in [4.69, 9.17) is 133 Å². The van der Waals surface area contributed by atoms with E-state index in [1.54, 1.807) is 24.3 Å². The lowest BCUT2D eigenvalue weighted by molar-refractivity contribution is 0.00492. The number of urea groups is 2. The van der Waals surface area contributed by atoms with Crippen molar-refractivity contribution in [2.75, 3.05) is 189 Å². The van der Waals surface area contributed by atoms with Gasteiger partial charge in [0.1, 0.15) is 122 Å². The van der Waals surface area contributed by atoms with Crippen molar-refractivity contribution in [2.45, 2.75) is 119 Å². The Hall–Kier alpha value is -15.0. The highest BCUT2D eigenvalue weighted by molar-refractivity contribution is 5.96. The van der Waals surface area contributed by atoms with E-state index in [-0.39, 0.29) is 170 Å². The monoisotopic (exact) mass is 1960 g/mol. The predicted molar refractivity (Wildman–Crippen MR) is 448 cm³/mol. The van der Waals surface area contributed by atoms with Gasteiger partial charge in [-0.25, -0.2) is 76.8 Å². The maximum Gasteiger partial charge on any atom is 0.511 e. The number of hydrogen-bond donors (Lipinski definition) is 0. The Morgan fingerprint density at radius 3 is 0.820 bits per heavy atom. The molecule has 14 aliphatic heterocycles. The van der Waals surface area contributed by atoms with Crippen LogP contribution in [0.3, 0.4) is 0 Å². The Morgan fingerprint density at radius 2 is 0.540 bits per heavy atom. The van der Waals surface area contributed by atoms with Gasteiger partial charge in [-0.3, -0.25) is 9.80 Å². The van der Waals surface area contributed by atoms with Crippen molar-refractivity contribution < 1.29 is 214 Å². The molecule has 0 aromatic heterocycles. The Bertz CT molecular complexity index is 4630. The Balaban J connectivity index is 0.000000142. The molecule has 51 nitrogen and oxygen atoms in total. The van der Waals surface area contributed by atoms with Gasteiger partial charge in [-0.2, -0.15) is 0 Å². The third-order valence-electron chi connectivity index (χ3n) is 23.0. The molecule has 0 spiro atoms. The van der Waals surface area contributed by atoms with Gasteiger partial charge >= 0.3 is 92.1 Å². The molecule has 15 fully saturated rings. The highest BCUT2D eigenvalue weighted by Crippen LogP contribution is 2.38. The number of cyclic esters (lactones) is 26. The second-order valence-electron chi connectivity index (χ2n) is 33.4. The highest BCUT2D eigenvalue weighted by Gasteiger charge is 2.46. The van der Waals surface area contributed by atoms with Gasteiger partial charge in [-0.1, -0.05) is 50.2 Å². The number of rotatable bonds is 37. The molecule has 14 heterocycles. The second-order valence-corrected chi connectivity index (χ2v) is 33.4. The summed E-state index contributed by atoms with van der Waals surface area (Å²) < 4.78 is 151. The van der Waals surface area contributed by atoms with Crippen LogP contribution in [0.2, 0.25) is 0 Å². The van der Waals surface area contributed by atoms with Crippen LogP contribution in [-0.2, 0) is 123 Å². The highest BCUT2D eigenvalue weighted by atomic mass is 16.9. The van der Waals surface area contributed by atoms with Gasteiger partial charge < -0.3 is 157 Å². The van der Waals surface area contributed by atoms with Crippen LogP contribution in [0.1, 0.15) is 55.7 Å². The van der Waals surface area contributed by atoms with Gasteiger partial charge in [0.25, 0.3) is 6.29 Å². The maximum absolute atomic E-state index is 12.8. The van der Waals surface area contributed by atoms with E-state index in [1.807, 2.05) is 77.7 Å². The zero-order valence-electron chi connectivity index (χ0n) is 73.7. The number of hydrogen-bond acceptors (Lipinski definition) is 48. The van der Waals surface area contributed by atoms with Crippen LogP contribution >= 0.6 is 0 Å². The number of imide groups is 1. The van der Waals surface area contributed by atoms with Gasteiger partial charge in [0.15, 0.2) is 79.9 Å². The van der Waals surface area contributed by atoms with E-state index in [0.29, 0.717) is 74.1 Å². The number of benzene rings is 4. The van der Waals surface area contributed by atoms with Crippen molar-refractivity contribution in [3.8, 4) is 23.0 Å². The van der Waals surface area contributed by atoms with Gasteiger partial charge in [0, 0.05) is 50.9 Å². The molecule has 15 atom stereocenters. The zero-order valence-corrected chi connectivity index (χ0v) is 73.7. The Kier molecular flexibility index (Phi) is 33.1. The fraction of sp³-hybridized carbons (Fsp3) is 0.557. The molecule has 1 saturated carbocycles. The minimum absolute atomic E-state index is 0. The van der Waals surface area contributed by atoms with Crippen LogP contribution in [-0.4, -0.2) is 380 Å². The fourth-order valence-corrected chi connectivity index (χ4v) is 16.8. The van der Waals surface area contributed by atoms with Crippen LogP contribution in [0.25, 0.3) is 0 Å². The van der Waals surface area contributed by atoms with Crippen molar-refractivity contribution in [3.63, 3.8) is 0 Å². The van der Waals surface area contributed by atoms with E-state index in [1.165, 1.54) is 9.80 Å². The third-order valence-corrected chi connectivity index (χ3v) is 23.0. The summed E-state index contributed by atoms with van der Waals surface area (Å²) >= 11 is 0. The molecule has 4 aromatic carbocycles. The topological polar surface area (TPSA) is 552 Å². The predicted octanol–water partition coefficient (Wildman–Crippen LogP) is 7.93. The number of carbonyl (C=O) groups excluding carboxylic acids is 15. The summed E-state index contributed by atoms with van der Waals surface area (Å²) in [6.45, 7) is 5.71. The first-order valence-corrected chi connectivity index (χ1v) is 44.1. The summed E-state index contributed by atoms with van der Waals surface area (Å²) in [7, 11) is 0. The summed E-state index contributed by atoms with van der Waals surface area (Å²) in [4.78, 5) is 181. The minimum atomic E-state index is -0.884. The average Bonchev–Trinajstić information content (AvgIpc) is 1.73. The SMILES string of the molecule is C.O=C1OCC(CN(CC2CCCC(CN(CC3COC(=O)O3)CC3COC(=O)O3)C2)CC2COC(=O)O2)O1.O=C1OCC(CN(CC2COC(=O)O2)c2ccc(OC3COC(=O)O3)cc2)O1.O=C1OCC(CN2CN(CC3COC(=O)O3)C(=O)N(CC3COC(=O)O3)C2=O)O1.O=C1OCC(COc2ccc(C(c3ccc(OCC4COC(=O)O4)cc3)c3ccc(OCC4COC(=O)O4)cc3)cc2)O1. The van der Waals surface area contributed by atoms with E-state index in [9.17, 15) is 71.9 Å². The molecule has 0 radical (unpaired) electrons. The van der Waals surface area contributed by atoms with Crippen LogP contribution in [0, 0.1) is 11.8 Å². The molecular weight excluding hydrogens is 1860 g/mol. The van der Waals surface area contributed by atoms with Crippen LogP contribution in [0.5, 0.6) is 23.0 Å². The van der Waals surface area contributed by atoms with Gasteiger partial charge in [0.2, 0.25) is 0 Å². The first-order chi connectivity index (χ1) is 66.8. The number of carbonyl (C=O) groups is 15. The minimum Gasteiger partial charge on any atom is -0.490 e. The van der Waals surface area contributed by atoms with E-state index in [0.717, 1.165) is 66.1 Å². The lowest BCUT2D eigenvalue weighted by atomic mass is 9.80. The summed E-state index contributed by atoms with van der Waals surface area (Å²) in [5, 5.41) is 0. The lowest BCUT2D eigenvalue weighted by Crippen LogP contribution is -2.64. The summed E-state index contributed by atoms with van der Waals surface area (Å²) in [5.74, 6) is 3.00. The normalized spacial score (nSPS) is 26.9. The molecule has 0 bridgehead atoms. The van der Waals surface area contributed by atoms with Crippen LogP contribution in [0.4, 0.5) is 77.6 Å². The lowest BCUT2D eigenvalue weighted by Gasteiger charge is -2.42. The molecule has 139 heavy (non-hydrogen) atoms. The second kappa shape index (κ2) is 46.7. The van der Waals surface area contributed by atoms with E-state index < -0.39 is 147 Å². The molecule has 0 N–H and O–H groups in total. The summed E-state index contributed by atoms with van der Waals surface area (Å²) in [5.41, 5.74) is 3.80. The summed E-state index contributed by atoms with van der Waals surface area (Å²) in [6, 6.07) is 28.7. The molecule has 19 rings (SSSR count). The van der Waals surface area contributed by atoms with Crippen molar-refractivity contribution in [1.82, 2.24) is 24.5 Å². The molecule has 4 aromatic rings. The Morgan fingerprint density at radius 1 is 0.281 bits per heavy atom. The van der Waals surface area contributed by atoms with Crippen molar-refractivity contribution in [3.05, 3.63) is 114 Å². The number of nitrogens with zero attached hydrogens (tertiary/aromatic N) is 6. The molecule has 15 aliphatic rings. The molecule has 1 aliphatic carbocycles. The molecule has 14 saturated heterocycles. The molecule has 15 unspecified atom stereocenters. The quantitative estimate of drug-likeness (QED) is 0.0235. The Labute approximate surface area is 789 Å². The number of ether oxygens (including phenoxy) is 30. The van der Waals surface area contributed by atoms with Gasteiger partial charge in [0.05, 0.1) is 39.4 Å². The average molecular weight is 1960 g/mol. The molecular formula is C88H100N6O45. The fourth-order valence-electron chi connectivity index (χ4n) is 16.8. The van der Waals surface area contributed by atoms with Crippen LogP contribution < -0.4 is 23.8 Å². The zero-order chi connectivity index (χ0) is 96.1.